The molecule has 75 valence electrons. The molecule has 0 bridgehead atoms. The lowest BCUT2D eigenvalue weighted by atomic mass is 10.1. The van der Waals surface area contributed by atoms with Crippen LogP contribution in [0.25, 0.3) is 0 Å². The van der Waals surface area contributed by atoms with Crippen molar-refractivity contribution in [3.8, 4) is 0 Å². The Balaban J connectivity index is 4.19. The summed E-state index contributed by atoms with van der Waals surface area (Å²) >= 11 is 0. The first-order valence-corrected chi connectivity index (χ1v) is 5.56. The summed E-state index contributed by atoms with van der Waals surface area (Å²) in [5.74, 6) is 0. The first kappa shape index (κ1) is 12.3. The SMILES string of the molecule is CCCCC/C([C]=O)=C/S(=O)(=O)O. The number of rotatable bonds is 6. The maximum absolute atomic E-state index is 10.3. The van der Waals surface area contributed by atoms with Crippen LogP contribution in [0.2, 0.25) is 0 Å². The Bertz CT molecular complexity index is 277. The molecule has 13 heavy (non-hydrogen) atoms. The van der Waals surface area contributed by atoms with Crippen LogP contribution >= 0.6 is 0 Å². The van der Waals surface area contributed by atoms with Crippen molar-refractivity contribution in [3.05, 3.63) is 11.0 Å². The van der Waals surface area contributed by atoms with Gasteiger partial charge in [-0.3, -0.25) is 9.35 Å². The van der Waals surface area contributed by atoms with Crippen molar-refractivity contribution < 1.29 is 17.8 Å². The Morgan fingerprint density at radius 3 is 2.46 bits per heavy atom. The monoisotopic (exact) mass is 205 g/mol. The molecule has 0 saturated heterocycles. The van der Waals surface area contributed by atoms with Gasteiger partial charge in [0.2, 0.25) is 6.29 Å². The summed E-state index contributed by atoms with van der Waals surface area (Å²) in [6, 6.07) is 0. The minimum absolute atomic E-state index is 0.00375. The molecule has 0 heterocycles. The maximum atomic E-state index is 10.3. The number of hydrogen-bond donors (Lipinski definition) is 1. The van der Waals surface area contributed by atoms with E-state index >= 15 is 0 Å². The predicted molar refractivity (Wildman–Crippen MR) is 49.5 cm³/mol. The highest BCUT2D eigenvalue weighted by molar-refractivity contribution is 7.88. The van der Waals surface area contributed by atoms with E-state index in [1.807, 2.05) is 6.92 Å². The van der Waals surface area contributed by atoms with Crippen molar-refractivity contribution >= 4 is 16.4 Å². The molecule has 0 rings (SSSR count). The molecular weight excluding hydrogens is 192 g/mol. The standard InChI is InChI=1S/C8H13O4S/c1-2-3-4-5-8(6-9)7-13(10,11)12/h7H,2-5H2,1H3,(H,10,11,12)/b8-7-. The molecule has 0 aromatic heterocycles. The van der Waals surface area contributed by atoms with E-state index < -0.39 is 10.1 Å². The highest BCUT2D eigenvalue weighted by atomic mass is 32.2. The Hall–Kier alpha value is -0.680. The lowest BCUT2D eigenvalue weighted by Crippen LogP contribution is -1.95. The molecule has 5 heteroatoms. The lowest BCUT2D eigenvalue weighted by Gasteiger charge is -1.96. The molecule has 1 N–H and O–H groups in total. The molecular formula is C8H13O4S. The fourth-order valence-corrected chi connectivity index (χ4v) is 1.40. The summed E-state index contributed by atoms with van der Waals surface area (Å²) in [6.07, 6.45) is 4.47. The van der Waals surface area contributed by atoms with Crippen LogP contribution in [0.4, 0.5) is 0 Å². The first-order valence-electron chi connectivity index (χ1n) is 4.06. The van der Waals surface area contributed by atoms with Crippen LogP contribution in [0.5, 0.6) is 0 Å². The van der Waals surface area contributed by atoms with Gasteiger partial charge in [0.25, 0.3) is 10.1 Å². The van der Waals surface area contributed by atoms with Gasteiger partial charge < -0.3 is 0 Å². The van der Waals surface area contributed by atoms with Gasteiger partial charge in [0.1, 0.15) is 0 Å². The maximum Gasteiger partial charge on any atom is 0.288 e. The van der Waals surface area contributed by atoms with E-state index in [0.717, 1.165) is 19.3 Å². The fraction of sp³-hybridized carbons (Fsp3) is 0.625. The normalized spacial score (nSPS) is 12.9. The van der Waals surface area contributed by atoms with Crippen LogP contribution in [-0.4, -0.2) is 19.3 Å². The van der Waals surface area contributed by atoms with Gasteiger partial charge in [-0.05, 0) is 12.8 Å². The number of unbranched alkanes of at least 4 members (excludes halogenated alkanes) is 2. The summed E-state index contributed by atoms with van der Waals surface area (Å²) in [4.78, 5) is 10.2. The molecule has 0 aliphatic heterocycles. The van der Waals surface area contributed by atoms with Crippen LogP contribution in [0.3, 0.4) is 0 Å². The number of carbonyl (C=O) groups excluding carboxylic acids is 1. The highest BCUT2D eigenvalue weighted by Gasteiger charge is 2.03. The second kappa shape index (κ2) is 5.88. The summed E-state index contributed by atoms with van der Waals surface area (Å²) in [5.41, 5.74) is -0.00375. The Kier molecular flexibility index (Phi) is 5.57. The zero-order valence-electron chi connectivity index (χ0n) is 7.49. The van der Waals surface area contributed by atoms with Crippen LogP contribution in [0.1, 0.15) is 32.6 Å². The summed E-state index contributed by atoms with van der Waals surface area (Å²) in [5, 5.41) is 0.551. The Morgan fingerprint density at radius 2 is 2.08 bits per heavy atom. The van der Waals surface area contributed by atoms with Crippen LogP contribution in [-0.2, 0) is 14.9 Å². The molecule has 1 radical (unpaired) electrons. The molecule has 0 atom stereocenters. The molecule has 0 aromatic rings. The van der Waals surface area contributed by atoms with Gasteiger partial charge in [-0.1, -0.05) is 19.8 Å². The van der Waals surface area contributed by atoms with E-state index in [1.54, 1.807) is 0 Å². The zero-order valence-corrected chi connectivity index (χ0v) is 8.30. The van der Waals surface area contributed by atoms with Gasteiger partial charge in [0.15, 0.2) is 0 Å². The number of hydrogen-bond acceptors (Lipinski definition) is 3. The molecule has 0 amide bonds. The second-order valence-electron chi connectivity index (χ2n) is 2.72. The first-order chi connectivity index (χ1) is 5.99. The quantitative estimate of drug-likeness (QED) is 0.404. The van der Waals surface area contributed by atoms with Gasteiger partial charge in [-0.25, -0.2) is 0 Å². The van der Waals surface area contributed by atoms with Gasteiger partial charge in [-0.15, -0.1) is 0 Å². The van der Waals surface area contributed by atoms with Crippen molar-refractivity contribution in [3.63, 3.8) is 0 Å². The van der Waals surface area contributed by atoms with Crippen molar-refractivity contribution in [2.24, 2.45) is 0 Å². The van der Waals surface area contributed by atoms with Gasteiger partial charge in [0, 0.05) is 5.57 Å². The Labute approximate surface area is 78.4 Å². The zero-order chi connectivity index (χ0) is 10.3. The minimum atomic E-state index is -4.20. The Morgan fingerprint density at radius 1 is 1.46 bits per heavy atom. The van der Waals surface area contributed by atoms with Crippen molar-refractivity contribution in [2.75, 3.05) is 0 Å². The highest BCUT2D eigenvalue weighted by Crippen LogP contribution is 2.07. The van der Waals surface area contributed by atoms with E-state index in [2.05, 4.69) is 0 Å². The van der Waals surface area contributed by atoms with Gasteiger partial charge >= 0.3 is 0 Å². The van der Waals surface area contributed by atoms with Crippen molar-refractivity contribution in [1.82, 2.24) is 0 Å². The largest absolute Gasteiger partial charge is 0.288 e. The topological polar surface area (TPSA) is 71.4 Å². The molecule has 0 aromatic carbocycles. The molecule has 0 aliphatic rings. The van der Waals surface area contributed by atoms with E-state index in [1.165, 1.54) is 6.29 Å². The molecule has 4 nitrogen and oxygen atoms in total. The van der Waals surface area contributed by atoms with Crippen LogP contribution in [0, 0.1) is 0 Å². The number of allylic oxidation sites excluding steroid dienone is 1. The van der Waals surface area contributed by atoms with Gasteiger partial charge in [-0.2, -0.15) is 8.42 Å². The molecule has 0 aliphatic carbocycles. The van der Waals surface area contributed by atoms with Crippen molar-refractivity contribution in [1.29, 1.82) is 0 Å². The molecule has 0 saturated carbocycles. The van der Waals surface area contributed by atoms with E-state index in [4.69, 9.17) is 4.55 Å². The average Bonchev–Trinajstić information content (AvgIpc) is 2.01. The third kappa shape index (κ3) is 7.67. The smallest absolute Gasteiger partial charge is 0.285 e. The second-order valence-corrected chi connectivity index (χ2v) is 3.98. The molecule has 0 spiro atoms. The summed E-state index contributed by atoms with van der Waals surface area (Å²) in [7, 11) is -4.20. The summed E-state index contributed by atoms with van der Waals surface area (Å²) < 4.78 is 29.1. The fourth-order valence-electron chi connectivity index (χ4n) is 0.879. The predicted octanol–water partition coefficient (Wildman–Crippen LogP) is 1.45. The third-order valence-electron chi connectivity index (χ3n) is 1.47. The summed E-state index contributed by atoms with van der Waals surface area (Å²) in [6.45, 7) is 2.00. The molecule has 0 fully saturated rings. The van der Waals surface area contributed by atoms with E-state index in [9.17, 15) is 13.2 Å². The van der Waals surface area contributed by atoms with Crippen molar-refractivity contribution in [2.45, 2.75) is 32.6 Å². The minimum Gasteiger partial charge on any atom is -0.285 e. The molecule has 0 unspecified atom stereocenters. The third-order valence-corrected chi connectivity index (χ3v) is 2.05. The average molecular weight is 205 g/mol. The van der Waals surface area contributed by atoms with Crippen LogP contribution in [0.15, 0.2) is 11.0 Å². The lowest BCUT2D eigenvalue weighted by molar-refractivity contribution is 0.493. The van der Waals surface area contributed by atoms with E-state index in [-0.39, 0.29) is 5.57 Å². The van der Waals surface area contributed by atoms with Gasteiger partial charge in [0.05, 0.1) is 5.41 Å². The van der Waals surface area contributed by atoms with E-state index in [0.29, 0.717) is 11.8 Å². The van der Waals surface area contributed by atoms with Crippen LogP contribution < -0.4 is 0 Å².